The highest BCUT2D eigenvalue weighted by molar-refractivity contribution is 5.77. The molecule has 0 aromatic heterocycles. The first-order chi connectivity index (χ1) is 9.67. The molecule has 1 aliphatic carbocycles. The van der Waals surface area contributed by atoms with E-state index in [1.54, 1.807) is 12.0 Å². The highest BCUT2D eigenvalue weighted by Gasteiger charge is 2.34. The van der Waals surface area contributed by atoms with Crippen molar-refractivity contribution < 1.29 is 9.53 Å². The zero-order chi connectivity index (χ0) is 14.8. The second-order valence-corrected chi connectivity index (χ2v) is 5.72. The van der Waals surface area contributed by atoms with Crippen molar-refractivity contribution in [3.63, 3.8) is 0 Å². The van der Waals surface area contributed by atoms with Gasteiger partial charge < -0.3 is 15.4 Å². The van der Waals surface area contributed by atoms with E-state index in [0.717, 1.165) is 12.8 Å². The van der Waals surface area contributed by atoms with Crippen LogP contribution in [-0.2, 0) is 9.53 Å². The van der Waals surface area contributed by atoms with Crippen LogP contribution in [0.1, 0.15) is 44.9 Å². The first-order valence-electron chi connectivity index (χ1n) is 7.51. The molecule has 1 amide bonds. The van der Waals surface area contributed by atoms with E-state index in [1.807, 2.05) is 0 Å². The number of hydrogen-bond donors (Lipinski definition) is 1. The highest BCUT2D eigenvalue weighted by atomic mass is 16.5. The monoisotopic (exact) mass is 281 g/mol. The molecule has 0 saturated heterocycles. The Morgan fingerprint density at radius 2 is 2.05 bits per heavy atom. The number of nitrogens with two attached hydrogens (primary N) is 1. The molecule has 0 unspecified atom stereocenters. The van der Waals surface area contributed by atoms with Crippen LogP contribution in [0.4, 0.5) is 0 Å². The lowest BCUT2D eigenvalue weighted by Crippen LogP contribution is -2.42. The van der Waals surface area contributed by atoms with Gasteiger partial charge >= 0.3 is 0 Å². The lowest BCUT2D eigenvalue weighted by atomic mass is 9.71. The van der Waals surface area contributed by atoms with Crippen molar-refractivity contribution in [1.29, 1.82) is 5.26 Å². The second kappa shape index (κ2) is 8.93. The Morgan fingerprint density at radius 3 is 2.60 bits per heavy atom. The van der Waals surface area contributed by atoms with E-state index in [-0.39, 0.29) is 11.3 Å². The van der Waals surface area contributed by atoms with Crippen LogP contribution < -0.4 is 5.73 Å². The molecule has 0 aromatic carbocycles. The van der Waals surface area contributed by atoms with Gasteiger partial charge in [0.25, 0.3) is 0 Å². The third-order valence-corrected chi connectivity index (χ3v) is 4.29. The molecular formula is C15H27N3O2. The van der Waals surface area contributed by atoms with Crippen molar-refractivity contribution in [3.05, 3.63) is 0 Å². The fourth-order valence-electron chi connectivity index (χ4n) is 2.94. The summed E-state index contributed by atoms with van der Waals surface area (Å²) in [7, 11) is 1.62. The first kappa shape index (κ1) is 16.9. The molecule has 2 N–H and O–H groups in total. The van der Waals surface area contributed by atoms with Gasteiger partial charge in [0.15, 0.2) is 0 Å². The number of carbonyl (C=O) groups is 1. The molecular weight excluding hydrogens is 254 g/mol. The largest absolute Gasteiger partial charge is 0.383 e. The van der Waals surface area contributed by atoms with Gasteiger partial charge in [-0.25, -0.2) is 0 Å². The van der Waals surface area contributed by atoms with Gasteiger partial charge in [-0.05, 0) is 24.8 Å². The lowest BCUT2D eigenvalue weighted by Gasteiger charge is -2.37. The number of ether oxygens (including phenoxy) is 1. The molecule has 0 bridgehead atoms. The molecule has 0 radical (unpaired) electrons. The van der Waals surface area contributed by atoms with Crippen molar-refractivity contribution in [3.8, 4) is 6.07 Å². The zero-order valence-corrected chi connectivity index (χ0v) is 12.6. The standard InChI is InChI=1S/C15H27N3O2/c1-20-11-10-18(9-5-8-16)14(19)12-15(13-17)6-3-2-4-7-15/h2-7,9-13,17H2,1H3. The van der Waals surface area contributed by atoms with E-state index >= 15 is 0 Å². The summed E-state index contributed by atoms with van der Waals surface area (Å²) < 4.78 is 5.04. The summed E-state index contributed by atoms with van der Waals surface area (Å²) >= 11 is 0. The summed E-state index contributed by atoms with van der Waals surface area (Å²) in [6.45, 7) is 2.12. The van der Waals surface area contributed by atoms with Crippen molar-refractivity contribution in [2.45, 2.75) is 44.9 Å². The summed E-state index contributed by atoms with van der Waals surface area (Å²) in [5.74, 6) is 0.115. The van der Waals surface area contributed by atoms with Gasteiger partial charge in [-0.15, -0.1) is 0 Å². The molecule has 0 spiro atoms. The fraction of sp³-hybridized carbons (Fsp3) is 0.867. The molecule has 0 aliphatic heterocycles. The zero-order valence-electron chi connectivity index (χ0n) is 12.6. The number of hydrogen-bond acceptors (Lipinski definition) is 4. The van der Waals surface area contributed by atoms with Gasteiger partial charge in [0.1, 0.15) is 0 Å². The minimum Gasteiger partial charge on any atom is -0.383 e. The average molecular weight is 281 g/mol. The Hall–Kier alpha value is -1.12. The van der Waals surface area contributed by atoms with Crippen LogP contribution in [0.3, 0.4) is 0 Å². The fourth-order valence-corrected chi connectivity index (χ4v) is 2.94. The first-order valence-corrected chi connectivity index (χ1v) is 7.51. The quantitative estimate of drug-likeness (QED) is 0.734. The van der Waals surface area contributed by atoms with Crippen LogP contribution in [-0.4, -0.2) is 44.2 Å². The molecule has 1 rings (SSSR count). The topological polar surface area (TPSA) is 79.3 Å². The number of rotatable bonds is 8. The Morgan fingerprint density at radius 1 is 1.35 bits per heavy atom. The molecule has 5 nitrogen and oxygen atoms in total. The van der Waals surface area contributed by atoms with Crippen molar-refractivity contribution >= 4 is 5.91 Å². The summed E-state index contributed by atoms with van der Waals surface area (Å²) in [6, 6.07) is 2.10. The van der Waals surface area contributed by atoms with Crippen molar-refractivity contribution in [2.24, 2.45) is 11.1 Å². The molecule has 1 aliphatic rings. The van der Waals surface area contributed by atoms with Crippen molar-refractivity contribution in [2.75, 3.05) is 33.4 Å². The van der Waals surface area contributed by atoms with Crippen LogP contribution >= 0.6 is 0 Å². The van der Waals surface area contributed by atoms with Gasteiger partial charge in [0.05, 0.1) is 19.1 Å². The summed E-state index contributed by atoms with van der Waals surface area (Å²) in [4.78, 5) is 14.2. The van der Waals surface area contributed by atoms with Gasteiger partial charge in [0, 0.05) is 26.6 Å². The van der Waals surface area contributed by atoms with Crippen LogP contribution in [0.25, 0.3) is 0 Å². The van der Waals surface area contributed by atoms with Gasteiger partial charge in [-0.1, -0.05) is 19.3 Å². The smallest absolute Gasteiger partial charge is 0.223 e. The predicted octanol–water partition coefficient (Wildman–Crippen LogP) is 1.67. The number of amides is 1. The number of methoxy groups -OCH3 is 1. The minimum atomic E-state index is -0.0205. The third-order valence-electron chi connectivity index (χ3n) is 4.29. The van der Waals surface area contributed by atoms with Gasteiger partial charge in [0.2, 0.25) is 5.91 Å². The van der Waals surface area contributed by atoms with Crippen LogP contribution in [0, 0.1) is 16.7 Å². The predicted molar refractivity (Wildman–Crippen MR) is 77.9 cm³/mol. The van der Waals surface area contributed by atoms with Crippen LogP contribution in [0.15, 0.2) is 0 Å². The lowest BCUT2D eigenvalue weighted by molar-refractivity contribution is -0.134. The van der Waals surface area contributed by atoms with E-state index in [2.05, 4.69) is 6.07 Å². The maximum atomic E-state index is 12.5. The molecule has 20 heavy (non-hydrogen) atoms. The Labute approximate surface area is 122 Å². The highest BCUT2D eigenvalue weighted by Crippen LogP contribution is 2.38. The third kappa shape index (κ3) is 5.10. The van der Waals surface area contributed by atoms with E-state index in [4.69, 9.17) is 15.7 Å². The van der Waals surface area contributed by atoms with Gasteiger partial charge in [-0.2, -0.15) is 5.26 Å². The maximum Gasteiger partial charge on any atom is 0.223 e. The average Bonchev–Trinajstić information content (AvgIpc) is 2.48. The molecule has 0 aromatic rings. The second-order valence-electron chi connectivity index (χ2n) is 5.72. The Bertz CT molecular complexity index is 333. The molecule has 1 fully saturated rings. The Kier molecular flexibility index (Phi) is 7.56. The molecule has 0 heterocycles. The minimum absolute atomic E-state index is 0.0205. The maximum absolute atomic E-state index is 12.5. The SMILES string of the molecule is COCCN(CCC#N)C(=O)CC1(CN)CCCCC1. The summed E-state index contributed by atoms with van der Waals surface area (Å²) in [5.41, 5.74) is 5.92. The Balaban J connectivity index is 2.60. The van der Waals surface area contributed by atoms with E-state index in [9.17, 15) is 4.79 Å². The van der Waals surface area contributed by atoms with E-state index in [0.29, 0.717) is 39.1 Å². The number of nitriles is 1. The normalized spacial score (nSPS) is 17.4. The molecule has 0 atom stereocenters. The summed E-state index contributed by atoms with van der Waals surface area (Å²) in [5, 5.41) is 8.70. The van der Waals surface area contributed by atoms with Gasteiger partial charge in [-0.3, -0.25) is 4.79 Å². The molecule has 5 heteroatoms. The van der Waals surface area contributed by atoms with Crippen molar-refractivity contribution in [1.82, 2.24) is 4.90 Å². The van der Waals surface area contributed by atoms with E-state index in [1.165, 1.54) is 19.3 Å². The van der Waals surface area contributed by atoms with Crippen LogP contribution in [0.5, 0.6) is 0 Å². The van der Waals surface area contributed by atoms with Crippen LogP contribution in [0.2, 0.25) is 0 Å². The molecule has 1 saturated carbocycles. The summed E-state index contributed by atoms with van der Waals surface area (Å²) in [6.07, 6.45) is 6.56. The molecule has 114 valence electrons. The number of carbonyl (C=O) groups excluding carboxylic acids is 1. The van der Waals surface area contributed by atoms with E-state index < -0.39 is 0 Å². The number of nitrogens with zero attached hydrogens (tertiary/aromatic N) is 2.